The molecule has 0 aliphatic rings. The fourth-order valence-corrected chi connectivity index (χ4v) is 1.25. The van der Waals surface area contributed by atoms with E-state index in [0.29, 0.717) is 0 Å². The molecule has 0 fully saturated rings. The summed E-state index contributed by atoms with van der Waals surface area (Å²) in [4.78, 5) is 0. The number of nitrogens with zero attached hydrogens (tertiary/aromatic N) is 2. The Morgan fingerprint density at radius 2 is 2.38 bits per heavy atom. The summed E-state index contributed by atoms with van der Waals surface area (Å²) < 4.78 is 1.75. The highest BCUT2D eigenvalue weighted by Crippen LogP contribution is 2.22. The fraction of sp³-hybridized carbons (Fsp3) is 0.667. The third kappa shape index (κ3) is 1.73. The van der Waals surface area contributed by atoms with E-state index in [-0.39, 0.29) is 6.04 Å². The maximum absolute atomic E-state index is 10.1. The lowest BCUT2D eigenvalue weighted by molar-refractivity contribution is 0.0260. The van der Waals surface area contributed by atoms with Gasteiger partial charge in [-0.25, -0.2) is 0 Å². The molecule has 1 aromatic rings. The Bertz CT molecular complexity index is 278. The van der Waals surface area contributed by atoms with Crippen molar-refractivity contribution < 1.29 is 5.11 Å². The summed E-state index contributed by atoms with van der Waals surface area (Å²) in [5, 5.41) is 14.2. The largest absolute Gasteiger partial charge is 0.382 e. The van der Waals surface area contributed by atoms with Crippen molar-refractivity contribution in [1.29, 1.82) is 0 Å². The number of aliphatic hydroxyl groups is 1. The third-order valence-corrected chi connectivity index (χ3v) is 2.42. The maximum atomic E-state index is 10.1. The monoisotopic (exact) mass is 183 g/mol. The van der Waals surface area contributed by atoms with Crippen LogP contribution < -0.4 is 5.73 Å². The van der Waals surface area contributed by atoms with Crippen molar-refractivity contribution >= 4 is 0 Å². The molecule has 1 rings (SSSR count). The van der Waals surface area contributed by atoms with Crippen molar-refractivity contribution in [3.8, 4) is 0 Å². The molecule has 2 atom stereocenters. The summed E-state index contributed by atoms with van der Waals surface area (Å²) in [5.74, 6) is 0. The Morgan fingerprint density at radius 1 is 1.77 bits per heavy atom. The van der Waals surface area contributed by atoms with E-state index in [1.807, 2.05) is 6.92 Å². The quantitative estimate of drug-likeness (QED) is 0.715. The summed E-state index contributed by atoms with van der Waals surface area (Å²) in [7, 11) is 0. The van der Waals surface area contributed by atoms with E-state index in [4.69, 9.17) is 5.73 Å². The molecule has 3 N–H and O–H groups in total. The number of aryl methyl sites for hydroxylation is 1. The predicted molar refractivity (Wildman–Crippen MR) is 51.1 cm³/mol. The van der Waals surface area contributed by atoms with Crippen LogP contribution in [0.25, 0.3) is 0 Å². The molecule has 0 saturated heterocycles. The van der Waals surface area contributed by atoms with Gasteiger partial charge in [-0.3, -0.25) is 4.68 Å². The summed E-state index contributed by atoms with van der Waals surface area (Å²) in [5.41, 5.74) is 5.45. The van der Waals surface area contributed by atoms with Gasteiger partial charge >= 0.3 is 0 Å². The second-order valence-corrected chi connectivity index (χ2v) is 3.47. The molecule has 0 saturated carbocycles. The minimum atomic E-state index is -1.01. The Balaban J connectivity index is 3.06. The first kappa shape index (κ1) is 10.2. The SMILES string of the molecule is CCn1nccc1C(C)(O)C(C)N. The highest BCUT2D eigenvalue weighted by atomic mass is 16.3. The lowest BCUT2D eigenvalue weighted by Crippen LogP contribution is -2.42. The van der Waals surface area contributed by atoms with Gasteiger partial charge in [-0.05, 0) is 26.8 Å². The lowest BCUT2D eigenvalue weighted by atomic mass is 9.94. The third-order valence-electron chi connectivity index (χ3n) is 2.42. The van der Waals surface area contributed by atoms with E-state index in [9.17, 15) is 5.11 Å². The molecule has 2 unspecified atom stereocenters. The number of aromatic nitrogens is 2. The second kappa shape index (κ2) is 3.47. The topological polar surface area (TPSA) is 64.1 Å². The maximum Gasteiger partial charge on any atom is 0.118 e. The van der Waals surface area contributed by atoms with Gasteiger partial charge in [-0.2, -0.15) is 5.10 Å². The van der Waals surface area contributed by atoms with Crippen LogP contribution in [0.5, 0.6) is 0 Å². The summed E-state index contributed by atoms with van der Waals surface area (Å²) in [6.07, 6.45) is 1.68. The molecule has 1 heterocycles. The van der Waals surface area contributed by atoms with Crippen LogP contribution in [0.1, 0.15) is 26.5 Å². The second-order valence-electron chi connectivity index (χ2n) is 3.47. The van der Waals surface area contributed by atoms with Crippen molar-refractivity contribution in [2.24, 2.45) is 5.73 Å². The summed E-state index contributed by atoms with van der Waals surface area (Å²) in [6.45, 7) is 6.22. The number of hydrogen-bond acceptors (Lipinski definition) is 3. The average Bonchev–Trinajstić information content (AvgIpc) is 2.51. The molecule has 13 heavy (non-hydrogen) atoms. The van der Waals surface area contributed by atoms with Gasteiger partial charge in [-0.1, -0.05) is 0 Å². The Hall–Kier alpha value is -0.870. The Kier molecular flexibility index (Phi) is 2.73. The smallest absolute Gasteiger partial charge is 0.118 e. The summed E-state index contributed by atoms with van der Waals surface area (Å²) in [6, 6.07) is 1.49. The van der Waals surface area contributed by atoms with Gasteiger partial charge in [0.1, 0.15) is 5.60 Å². The number of hydrogen-bond donors (Lipinski definition) is 2. The van der Waals surface area contributed by atoms with E-state index in [2.05, 4.69) is 5.10 Å². The minimum absolute atomic E-state index is 0.311. The van der Waals surface area contributed by atoms with Crippen molar-refractivity contribution in [3.63, 3.8) is 0 Å². The normalized spacial score (nSPS) is 18.2. The Labute approximate surface area is 78.4 Å². The van der Waals surface area contributed by atoms with Crippen LogP contribution in [0.15, 0.2) is 12.3 Å². The molecular formula is C9H17N3O. The van der Waals surface area contributed by atoms with Crippen LogP contribution >= 0.6 is 0 Å². The molecule has 0 aliphatic heterocycles. The van der Waals surface area contributed by atoms with Crippen molar-refractivity contribution in [1.82, 2.24) is 9.78 Å². The van der Waals surface area contributed by atoms with E-state index in [1.54, 1.807) is 30.8 Å². The molecule has 0 bridgehead atoms. The fourth-order valence-electron chi connectivity index (χ4n) is 1.25. The lowest BCUT2D eigenvalue weighted by Gasteiger charge is -2.27. The standard InChI is InChI=1S/C9H17N3O/c1-4-12-8(5-6-11-12)9(3,13)7(2)10/h5-7,13H,4,10H2,1-3H3. The molecule has 74 valence electrons. The van der Waals surface area contributed by atoms with Gasteiger partial charge in [0, 0.05) is 18.8 Å². The van der Waals surface area contributed by atoms with Crippen LogP contribution in [-0.2, 0) is 12.1 Å². The van der Waals surface area contributed by atoms with Crippen molar-refractivity contribution in [2.75, 3.05) is 0 Å². The van der Waals surface area contributed by atoms with Crippen LogP contribution in [0.3, 0.4) is 0 Å². The Morgan fingerprint density at radius 3 is 2.85 bits per heavy atom. The molecule has 0 spiro atoms. The highest BCUT2D eigenvalue weighted by Gasteiger charge is 2.30. The van der Waals surface area contributed by atoms with Gasteiger partial charge in [0.2, 0.25) is 0 Å². The van der Waals surface area contributed by atoms with Gasteiger partial charge in [-0.15, -0.1) is 0 Å². The van der Waals surface area contributed by atoms with Crippen LogP contribution in [0.2, 0.25) is 0 Å². The van der Waals surface area contributed by atoms with E-state index in [0.717, 1.165) is 12.2 Å². The van der Waals surface area contributed by atoms with Crippen molar-refractivity contribution in [2.45, 2.75) is 39.0 Å². The van der Waals surface area contributed by atoms with Gasteiger partial charge in [0.25, 0.3) is 0 Å². The zero-order chi connectivity index (χ0) is 10.1. The minimum Gasteiger partial charge on any atom is -0.382 e. The molecule has 1 aromatic heterocycles. The van der Waals surface area contributed by atoms with Crippen LogP contribution in [-0.4, -0.2) is 20.9 Å². The van der Waals surface area contributed by atoms with E-state index in [1.165, 1.54) is 0 Å². The van der Waals surface area contributed by atoms with E-state index < -0.39 is 5.60 Å². The van der Waals surface area contributed by atoms with Crippen LogP contribution in [0.4, 0.5) is 0 Å². The first-order valence-corrected chi connectivity index (χ1v) is 4.50. The zero-order valence-electron chi connectivity index (χ0n) is 8.36. The molecule has 4 heteroatoms. The van der Waals surface area contributed by atoms with E-state index >= 15 is 0 Å². The first-order valence-electron chi connectivity index (χ1n) is 4.50. The molecule has 4 nitrogen and oxygen atoms in total. The van der Waals surface area contributed by atoms with Gasteiger partial charge < -0.3 is 10.8 Å². The molecule has 0 aliphatic carbocycles. The zero-order valence-corrected chi connectivity index (χ0v) is 8.36. The number of nitrogens with two attached hydrogens (primary N) is 1. The predicted octanol–water partition coefficient (Wildman–Crippen LogP) is 0.458. The number of rotatable bonds is 3. The van der Waals surface area contributed by atoms with Gasteiger partial charge in [0.05, 0.1) is 5.69 Å². The highest BCUT2D eigenvalue weighted by molar-refractivity contribution is 5.13. The average molecular weight is 183 g/mol. The molecular weight excluding hydrogens is 166 g/mol. The van der Waals surface area contributed by atoms with Crippen molar-refractivity contribution in [3.05, 3.63) is 18.0 Å². The molecule has 0 aromatic carbocycles. The first-order chi connectivity index (χ1) is 6.00. The van der Waals surface area contributed by atoms with Crippen LogP contribution in [0, 0.1) is 0 Å². The molecule has 0 amide bonds. The summed E-state index contributed by atoms with van der Waals surface area (Å²) >= 11 is 0. The van der Waals surface area contributed by atoms with Gasteiger partial charge in [0.15, 0.2) is 0 Å². The molecule has 0 radical (unpaired) electrons.